The molecule has 0 aliphatic rings. The molecule has 0 saturated heterocycles. The van der Waals surface area contributed by atoms with Crippen LogP contribution in [0.15, 0.2) is 23.2 Å². The summed E-state index contributed by atoms with van der Waals surface area (Å²) in [7, 11) is 1.58. The van der Waals surface area contributed by atoms with E-state index in [1.54, 1.807) is 18.4 Å². The van der Waals surface area contributed by atoms with Gasteiger partial charge >= 0.3 is 0 Å². The Bertz CT molecular complexity index is 816. The summed E-state index contributed by atoms with van der Waals surface area (Å²) in [5.74, 6) is 1.22. The van der Waals surface area contributed by atoms with Crippen LogP contribution in [0.2, 0.25) is 0 Å². The highest BCUT2D eigenvalue weighted by Gasteiger charge is 2.08. The fourth-order valence-electron chi connectivity index (χ4n) is 2.55. The van der Waals surface area contributed by atoms with E-state index in [4.69, 9.17) is 4.74 Å². The molecule has 8 heteroatoms. The Kier molecular flexibility index (Phi) is 7.60. The highest BCUT2D eigenvalue weighted by Crippen LogP contribution is 2.25. The number of aryl methyl sites for hydroxylation is 2. The monoisotopic (exact) mass is 389 g/mol. The van der Waals surface area contributed by atoms with Crippen LogP contribution in [-0.4, -0.2) is 30.5 Å². The fraction of sp³-hybridized carbons (Fsp3) is 0.421. The molecule has 2 aromatic rings. The van der Waals surface area contributed by atoms with Crippen LogP contribution in [0, 0.1) is 13.8 Å². The van der Waals surface area contributed by atoms with Gasteiger partial charge in [0.15, 0.2) is 5.96 Å². The van der Waals surface area contributed by atoms with E-state index in [-0.39, 0.29) is 5.91 Å². The first-order valence-corrected chi connectivity index (χ1v) is 9.64. The van der Waals surface area contributed by atoms with Crippen LogP contribution in [0.1, 0.15) is 35.0 Å². The van der Waals surface area contributed by atoms with Gasteiger partial charge in [0, 0.05) is 18.3 Å². The van der Waals surface area contributed by atoms with E-state index in [2.05, 4.69) is 25.9 Å². The summed E-state index contributed by atoms with van der Waals surface area (Å²) in [6, 6.07) is 5.65. The van der Waals surface area contributed by atoms with Crippen molar-refractivity contribution in [3.05, 3.63) is 39.3 Å². The molecule has 146 valence electrons. The number of ether oxygens (including phenoxy) is 1. The average Bonchev–Trinajstić information content (AvgIpc) is 2.94. The van der Waals surface area contributed by atoms with Crippen molar-refractivity contribution >= 4 is 28.9 Å². The molecule has 7 nitrogen and oxygen atoms in total. The average molecular weight is 390 g/mol. The summed E-state index contributed by atoms with van der Waals surface area (Å²) in [5, 5.41) is 10.4. The molecule has 1 amide bonds. The van der Waals surface area contributed by atoms with Crippen molar-refractivity contribution < 1.29 is 9.53 Å². The molecule has 2 rings (SSSR count). The molecular formula is C19H27N5O2S. The maximum absolute atomic E-state index is 11.4. The number of thiazole rings is 1. The molecule has 0 atom stereocenters. The number of amides is 1. The Morgan fingerprint density at radius 1 is 1.30 bits per heavy atom. The second-order valence-corrected chi connectivity index (χ2v) is 7.29. The van der Waals surface area contributed by atoms with Crippen LogP contribution in [-0.2, 0) is 17.9 Å². The molecule has 0 aliphatic heterocycles. The summed E-state index contributed by atoms with van der Waals surface area (Å²) in [6.45, 7) is 9.46. The highest BCUT2D eigenvalue weighted by molar-refractivity contribution is 7.11. The van der Waals surface area contributed by atoms with Crippen molar-refractivity contribution in [2.75, 3.05) is 19.0 Å². The number of methoxy groups -OCH3 is 1. The first-order valence-electron chi connectivity index (χ1n) is 8.82. The second kappa shape index (κ2) is 9.91. The third-order valence-corrected chi connectivity index (χ3v) is 4.83. The van der Waals surface area contributed by atoms with Crippen LogP contribution in [0.5, 0.6) is 5.75 Å². The predicted molar refractivity (Wildman–Crippen MR) is 111 cm³/mol. The third kappa shape index (κ3) is 6.25. The number of aliphatic imine (C=N–C) groups is 1. The van der Waals surface area contributed by atoms with Gasteiger partial charge in [-0.2, -0.15) is 0 Å². The number of carbonyl (C=O) groups is 1. The van der Waals surface area contributed by atoms with Gasteiger partial charge in [-0.3, -0.25) is 4.79 Å². The molecule has 0 radical (unpaired) electrons. The van der Waals surface area contributed by atoms with Crippen molar-refractivity contribution in [2.45, 2.75) is 40.8 Å². The van der Waals surface area contributed by atoms with Gasteiger partial charge in [0.2, 0.25) is 5.91 Å². The van der Waals surface area contributed by atoms with Crippen molar-refractivity contribution in [1.29, 1.82) is 0 Å². The summed E-state index contributed by atoms with van der Waals surface area (Å²) < 4.78 is 5.29. The molecule has 0 saturated carbocycles. The summed E-state index contributed by atoms with van der Waals surface area (Å²) in [5.41, 5.74) is 2.67. The van der Waals surface area contributed by atoms with Crippen LogP contribution in [0.4, 0.5) is 5.69 Å². The van der Waals surface area contributed by atoms with Crippen LogP contribution in [0.25, 0.3) is 0 Å². The smallest absolute Gasteiger partial charge is 0.221 e. The maximum atomic E-state index is 11.4. The second-order valence-electron chi connectivity index (χ2n) is 6.01. The lowest BCUT2D eigenvalue weighted by molar-refractivity contribution is -0.114. The number of guanidine groups is 1. The van der Waals surface area contributed by atoms with Crippen LogP contribution >= 0.6 is 11.3 Å². The Morgan fingerprint density at radius 2 is 2.07 bits per heavy atom. The SMILES string of the molecule is CCNC(=NCc1ccc(OC)c(NC(C)=O)c1)NCc1sc(C)nc1C. The van der Waals surface area contributed by atoms with Crippen molar-refractivity contribution in [2.24, 2.45) is 4.99 Å². The number of aromatic nitrogens is 1. The van der Waals surface area contributed by atoms with E-state index < -0.39 is 0 Å². The lowest BCUT2D eigenvalue weighted by atomic mass is 10.2. The number of hydrogen-bond donors (Lipinski definition) is 3. The van der Waals surface area contributed by atoms with E-state index in [9.17, 15) is 4.79 Å². The van der Waals surface area contributed by atoms with Gasteiger partial charge in [0.1, 0.15) is 5.75 Å². The molecule has 3 N–H and O–H groups in total. The quantitative estimate of drug-likeness (QED) is 0.501. The zero-order chi connectivity index (χ0) is 19.8. The minimum atomic E-state index is -0.140. The molecule has 0 aliphatic carbocycles. The zero-order valence-corrected chi connectivity index (χ0v) is 17.3. The van der Waals surface area contributed by atoms with E-state index >= 15 is 0 Å². The maximum Gasteiger partial charge on any atom is 0.221 e. The van der Waals surface area contributed by atoms with Crippen molar-refractivity contribution in [3.63, 3.8) is 0 Å². The lowest BCUT2D eigenvalue weighted by Gasteiger charge is -2.12. The Hall–Kier alpha value is -2.61. The largest absolute Gasteiger partial charge is 0.495 e. The molecule has 1 heterocycles. The van der Waals surface area contributed by atoms with Gasteiger partial charge < -0.3 is 20.7 Å². The molecule has 0 fully saturated rings. The van der Waals surface area contributed by atoms with E-state index in [1.165, 1.54) is 11.8 Å². The van der Waals surface area contributed by atoms with Gasteiger partial charge in [-0.15, -0.1) is 11.3 Å². The topological polar surface area (TPSA) is 87.6 Å². The fourth-order valence-corrected chi connectivity index (χ4v) is 3.43. The van der Waals surface area contributed by atoms with Gasteiger partial charge in [-0.05, 0) is 38.5 Å². The third-order valence-electron chi connectivity index (χ3n) is 3.75. The molecule has 0 unspecified atom stereocenters. The molecule has 1 aromatic carbocycles. The van der Waals surface area contributed by atoms with Gasteiger partial charge in [-0.1, -0.05) is 6.07 Å². The number of benzene rings is 1. The molecule has 0 spiro atoms. The number of nitrogens with one attached hydrogen (secondary N) is 3. The number of anilines is 1. The molecule has 27 heavy (non-hydrogen) atoms. The van der Waals surface area contributed by atoms with E-state index in [0.29, 0.717) is 24.5 Å². The van der Waals surface area contributed by atoms with Gasteiger partial charge in [0.25, 0.3) is 0 Å². The Morgan fingerprint density at radius 3 is 2.67 bits per heavy atom. The number of rotatable bonds is 7. The summed E-state index contributed by atoms with van der Waals surface area (Å²) in [6.07, 6.45) is 0. The Labute approximate surface area is 164 Å². The van der Waals surface area contributed by atoms with Crippen molar-refractivity contribution in [1.82, 2.24) is 15.6 Å². The van der Waals surface area contributed by atoms with Crippen LogP contribution < -0.4 is 20.7 Å². The van der Waals surface area contributed by atoms with E-state index in [0.717, 1.165) is 28.8 Å². The normalized spacial score (nSPS) is 11.2. The zero-order valence-electron chi connectivity index (χ0n) is 16.5. The summed E-state index contributed by atoms with van der Waals surface area (Å²) in [4.78, 5) is 21.7. The Balaban J connectivity index is 2.09. The molecular weight excluding hydrogens is 362 g/mol. The number of nitrogens with zero attached hydrogens (tertiary/aromatic N) is 2. The number of carbonyl (C=O) groups excluding carboxylic acids is 1. The van der Waals surface area contributed by atoms with Crippen LogP contribution in [0.3, 0.4) is 0 Å². The van der Waals surface area contributed by atoms with Gasteiger partial charge in [0.05, 0.1) is 36.6 Å². The molecule has 0 bridgehead atoms. The minimum absolute atomic E-state index is 0.140. The first kappa shape index (κ1) is 20.7. The van der Waals surface area contributed by atoms with E-state index in [1.807, 2.05) is 39.0 Å². The predicted octanol–water partition coefficient (Wildman–Crippen LogP) is 2.98. The minimum Gasteiger partial charge on any atom is -0.495 e. The summed E-state index contributed by atoms with van der Waals surface area (Å²) >= 11 is 1.69. The highest BCUT2D eigenvalue weighted by atomic mass is 32.1. The first-order chi connectivity index (χ1) is 12.9. The van der Waals surface area contributed by atoms with Gasteiger partial charge in [-0.25, -0.2) is 9.98 Å². The number of hydrogen-bond acceptors (Lipinski definition) is 5. The van der Waals surface area contributed by atoms with Crippen molar-refractivity contribution in [3.8, 4) is 5.75 Å². The molecule has 1 aromatic heterocycles. The standard InChI is InChI=1S/C19H27N5O2S/c1-6-20-19(22-11-18-12(2)23-14(4)27-18)21-10-15-7-8-17(26-5)16(9-15)24-13(3)25/h7-9H,6,10-11H2,1-5H3,(H,24,25)(H2,20,21,22). The lowest BCUT2D eigenvalue weighted by Crippen LogP contribution is -2.36.